The highest BCUT2D eigenvalue weighted by molar-refractivity contribution is 7.98. The number of nitrogens with two attached hydrogens (primary N) is 1. The molecule has 0 amide bonds. The number of anilines is 1. The lowest BCUT2D eigenvalue weighted by Gasteiger charge is -2.08. The van der Waals surface area contributed by atoms with Gasteiger partial charge < -0.3 is 5.73 Å². The highest BCUT2D eigenvalue weighted by Gasteiger charge is 2.29. The molecule has 2 N–H and O–H groups in total. The maximum Gasteiger partial charge on any atom is 0.416 e. The molecule has 0 saturated heterocycles. The second-order valence-corrected chi connectivity index (χ2v) is 5.55. The fourth-order valence-corrected chi connectivity index (χ4v) is 2.64. The molecule has 5 heteroatoms. The predicted molar refractivity (Wildman–Crippen MR) is 76.6 cm³/mol. The maximum atomic E-state index is 12.4. The van der Waals surface area contributed by atoms with Crippen molar-refractivity contribution in [3.8, 4) is 0 Å². The number of benzene rings is 2. The van der Waals surface area contributed by atoms with Gasteiger partial charge >= 0.3 is 6.18 Å². The Balaban J connectivity index is 2.02. The van der Waals surface area contributed by atoms with Crippen molar-refractivity contribution in [2.45, 2.75) is 23.7 Å². The monoisotopic (exact) mass is 297 g/mol. The Hall–Kier alpha value is -1.62. The Morgan fingerprint density at radius 3 is 2.25 bits per heavy atom. The number of thioether (sulfide) groups is 1. The van der Waals surface area contributed by atoms with Crippen molar-refractivity contribution in [1.29, 1.82) is 0 Å². The molecule has 0 bridgehead atoms. The Morgan fingerprint density at radius 1 is 1.05 bits per heavy atom. The minimum Gasteiger partial charge on any atom is -0.399 e. The third-order valence-corrected chi connectivity index (χ3v) is 3.99. The van der Waals surface area contributed by atoms with Gasteiger partial charge in [0.15, 0.2) is 0 Å². The van der Waals surface area contributed by atoms with Crippen molar-refractivity contribution < 1.29 is 13.2 Å². The zero-order valence-electron chi connectivity index (χ0n) is 10.9. The molecule has 0 aliphatic rings. The van der Waals surface area contributed by atoms with E-state index in [1.807, 2.05) is 25.1 Å². The standard InChI is InChI=1S/C15H14F3NS/c1-10-8-13(6-7-14(10)19)20-9-11-2-4-12(5-3-11)15(16,17)18/h2-8H,9,19H2,1H3. The van der Waals surface area contributed by atoms with E-state index in [1.54, 1.807) is 11.8 Å². The molecule has 2 aromatic carbocycles. The summed E-state index contributed by atoms with van der Waals surface area (Å²) >= 11 is 1.57. The highest BCUT2D eigenvalue weighted by atomic mass is 32.2. The van der Waals surface area contributed by atoms with E-state index in [4.69, 9.17) is 5.73 Å². The number of nitrogen functional groups attached to an aromatic ring is 1. The Bertz CT molecular complexity index is 591. The van der Waals surface area contributed by atoms with E-state index in [0.717, 1.165) is 33.8 Å². The molecule has 2 rings (SSSR count). The first-order chi connectivity index (χ1) is 9.36. The summed E-state index contributed by atoms with van der Waals surface area (Å²) < 4.78 is 37.3. The zero-order valence-corrected chi connectivity index (χ0v) is 11.7. The van der Waals surface area contributed by atoms with E-state index in [2.05, 4.69) is 0 Å². The van der Waals surface area contributed by atoms with Crippen molar-refractivity contribution in [1.82, 2.24) is 0 Å². The van der Waals surface area contributed by atoms with Gasteiger partial charge in [0.1, 0.15) is 0 Å². The average Bonchev–Trinajstić information content (AvgIpc) is 2.40. The summed E-state index contributed by atoms with van der Waals surface area (Å²) in [7, 11) is 0. The van der Waals surface area contributed by atoms with Crippen LogP contribution in [0.3, 0.4) is 0 Å². The van der Waals surface area contributed by atoms with Crippen LogP contribution >= 0.6 is 11.8 Å². The Labute approximate surface area is 120 Å². The van der Waals surface area contributed by atoms with Crippen molar-refractivity contribution >= 4 is 17.4 Å². The molecule has 0 spiro atoms. The normalized spacial score (nSPS) is 11.6. The number of alkyl halides is 3. The van der Waals surface area contributed by atoms with Gasteiger partial charge in [0.2, 0.25) is 0 Å². The molecule has 0 aliphatic carbocycles. The van der Waals surface area contributed by atoms with E-state index < -0.39 is 11.7 Å². The summed E-state index contributed by atoms with van der Waals surface area (Å²) in [6.07, 6.45) is -4.28. The van der Waals surface area contributed by atoms with Gasteiger partial charge in [-0.05, 0) is 48.4 Å². The average molecular weight is 297 g/mol. The summed E-state index contributed by atoms with van der Waals surface area (Å²) in [6, 6.07) is 11.0. The second-order valence-electron chi connectivity index (χ2n) is 4.50. The summed E-state index contributed by atoms with van der Waals surface area (Å²) in [6.45, 7) is 1.93. The molecular weight excluding hydrogens is 283 g/mol. The van der Waals surface area contributed by atoms with Gasteiger partial charge in [-0.15, -0.1) is 11.8 Å². The molecule has 0 atom stereocenters. The minimum atomic E-state index is -4.28. The number of aryl methyl sites for hydroxylation is 1. The third-order valence-electron chi connectivity index (χ3n) is 2.93. The summed E-state index contributed by atoms with van der Waals surface area (Å²) in [5.74, 6) is 0.626. The molecular formula is C15H14F3NS. The molecule has 0 saturated carbocycles. The lowest BCUT2D eigenvalue weighted by molar-refractivity contribution is -0.137. The van der Waals surface area contributed by atoms with E-state index in [-0.39, 0.29) is 0 Å². The van der Waals surface area contributed by atoms with Gasteiger partial charge in [0.25, 0.3) is 0 Å². The fraction of sp³-hybridized carbons (Fsp3) is 0.200. The third kappa shape index (κ3) is 3.70. The molecule has 0 heterocycles. The SMILES string of the molecule is Cc1cc(SCc2ccc(C(F)(F)F)cc2)ccc1N. The summed E-state index contributed by atoms with van der Waals surface area (Å²) in [4.78, 5) is 1.05. The van der Waals surface area contributed by atoms with Crippen LogP contribution in [0.15, 0.2) is 47.4 Å². The largest absolute Gasteiger partial charge is 0.416 e. The summed E-state index contributed by atoms with van der Waals surface area (Å²) in [5.41, 5.74) is 7.72. The van der Waals surface area contributed by atoms with Gasteiger partial charge in [-0.3, -0.25) is 0 Å². The van der Waals surface area contributed by atoms with Crippen LogP contribution < -0.4 is 5.73 Å². The minimum absolute atomic E-state index is 0.616. The van der Waals surface area contributed by atoms with Crippen LogP contribution in [0.25, 0.3) is 0 Å². The molecule has 106 valence electrons. The number of halogens is 3. The summed E-state index contributed by atoms with van der Waals surface area (Å²) in [5, 5.41) is 0. The highest BCUT2D eigenvalue weighted by Crippen LogP contribution is 2.30. The van der Waals surface area contributed by atoms with E-state index >= 15 is 0 Å². The van der Waals surface area contributed by atoms with E-state index in [9.17, 15) is 13.2 Å². The van der Waals surface area contributed by atoms with Gasteiger partial charge in [-0.25, -0.2) is 0 Å². The van der Waals surface area contributed by atoms with Crippen LogP contribution in [-0.2, 0) is 11.9 Å². The van der Waals surface area contributed by atoms with Crippen molar-refractivity contribution in [3.05, 3.63) is 59.2 Å². The van der Waals surface area contributed by atoms with Crippen LogP contribution in [-0.4, -0.2) is 0 Å². The van der Waals surface area contributed by atoms with Crippen LogP contribution in [0, 0.1) is 6.92 Å². The van der Waals surface area contributed by atoms with Crippen molar-refractivity contribution in [3.63, 3.8) is 0 Å². The molecule has 1 nitrogen and oxygen atoms in total. The first-order valence-corrected chi connectivity index (χ1v) is 7.00. The van der Waals surface area contributed by atoms with E-state index in [0.29, 0.717) is 5.75 Å². The van der Waals surface area contributed by atoms with Gasteiger partial charge in [0.05, 0.1) is 5.56 Å². The first kappa shape index (κ1) is 14.8. The lowest BCUT2D eigenvalue weighted by atomic mass is 10.1. The first-order valence-electron chi connectivity index (χ1n) is 6.01. The molecule has 0 fully saturated rings. The van der Waals surface area contributed by atoms with Gasteiger partial charge in [-0.1, -0.05) is 12.1 Å². The molecule has 0 aromatic heterocycles. The topological polar surface area (TPSA) is 26.0 Å². The molecule has 2 aromatic rings. The number of hydrogen-bond acceptors (Lipinski definition) is 2. The van der Waals surface area contributed by atoms with Crippen LogP contribution in [0.2, 0.25) is 0 Å². The molecule has 0 unspecified atom stereocenters. The van der Waals surface area contributed by atoms with Gasteiger partial charge in [-0.2, -0.15) is 13.2 Å². The molecule has 20 heavy (non-hydrogen) atoms. The Morgan fingerprint density at radius 2 is 1.70 bits per heavy atom. The van der Waals surface area contributed by atoms with Crippen molar-refractivity contribution in [2.24, 2.45) is 0 Å². The maximum absolute atomic E-state index is 12.4. The molecule has 0 aliphatic heterocycles. The van der Waals surface area contributed by atoms with Crippen LogP contribution in [0.5, 0.6) is 0 Å². The fourth-order valence-electron chi connectivity index (χ4n) is 1.69. The predicted octanol–water partition coefficient (Wildman–Crippen LogP) is 4.89. The smallest absolute Gasteiger partial charge is 0.399 e. The molecule has 0 radical (unpaired) electrons. The zero-order chi connectivity index (χ0) is 14.8. The van der Waals surface area contributed by atoms with E-state index in [1.165, 1.54) is 12.1 Å². The number of hydrogen-bond donors (Lipinski definition) is 1. The second kappa shape index (κ2) is 5.79. The quantitative estimate of drug-likeness (QED) is 0.645. The Kier molecular flexibility index (Phi) is 4.28. The van der Waals surface area contributed by atoms with Crippen molar-refractivity contribution in [2.75, 3.05) is 5.73 Å². The van der Waals surface area contributed by atoms with Crippen LogP contribution in [0.1, 0.15) is 16.7 Å². The van der Waals surface area contributed by atoms with Crippen LogP contribution in [0.4, 0.5) is 18.9 Å². The number of rotatable bonds is 3. The lowest BCUT2D eigenvalue weighted by Crippen LogP contribution is -2.04. The van der Waals surface area contributed by atoms with Gasteiger partial charge in [0, 0.05) is 16.3 Å².